The molecular weight excluding hydrogens is 226 g/mol. The van der Waals surface area contributed by atoms with Gasteiger partial charge in [0.25, 0.3) is 0 Å². The molecule has 0 saturated heterocycles. The van der Waals surface area contributed by atoms with E-state index in [9.17, 15) is 0 Å². The molecule has 1 nitrogen and oxygen atoms in total. The van der Waals surface area contributed by atoms with Crippen molar-refractivity contribution in [3.63, 3.8) is 0 Å². The van der Waals surface area contributed by atoms with Crippen LogP contribution in [0.3, 0.4) is 0 Å². The van der Waals surface area contributed by atoms with Crippen LogP contribution in [0.15, 0.2) is 59.5 Å². The van der Waals surface area contributed by atoms with Gasteiger partial charge in [0, 0.05) is 22.4 Å². The molecule has 0 radical (unpaired) electrons. The van der Waals surface area contributed by atoms with Gasteiger partial charge >= 0.3 is 0 Å². The topological polar surface area (TPSA) is 12.0 Å². The first-order chi connectivity index (χ1) is 8.43. The fourth-order valence-electron chi connectivity index (χ4n) is 2.17. The Labute approximate surface area is 106 Å². The Balaban J connectivity index is 1.91. The van der Waals surface area contributed by atoms with E-state index in [0.717, 1.165) is 6.54 Å². The predicted molar refractivity (Wildman–Crippen MR) is 74.6 cm³/mol. The van der Waals surface area contributed by atoms with Crippen LogP contribution < -0.4 is 5.32 Å². The fraction of sp³-hybridized carbons (Fsp3) is 0.200. The van der Waals surface area contributed by atoms with Crippen LogP contribution in [0.25, 0.3) is 0 Å². The van der Waals surface area contributed by atoms with E-state index < -0.39 is 0 Å². The van der Waals surface area contributed by atoms with Crippen LogP contribution >= 0.6 is 11.8 Å². The lowest BCUT2D eigenvalue weighted by atomic mass is 10.1. The SMILES string of the molecule is c1ccc([C@@H]2CCNc3ccccc3S2)cc1. The summed E-state index contributed by atoms with van der Waals surface area (Å²) in [5.74, 6) is 0. The van der Waals surface area contributed by atoms with E-state index in [2.05, 4.69) is 59.9 Å². The molecule has 1 aliphatic rings. The second-order valence-electron chi connectivity index (χ2n) is 4.23. The van der Waals surface area contributed by atoms with E-state index in [1.807, 2.05) is 11.8 Å². The van der Waals surface area contributed by atoms with Crippen LogP contribution in [0.4, 0.5) is 5.69 Å². The van der Waals surface area contributed by atoms with E-state index in [1.54, 1.807) is 0 Å². The van der Waals surface area contributed by atoms with Gasteiger partial charge in [-0.15, -0.1) is 11.8 Å². The van der Waals surface area contributed by atoms with Crippen molar-refractivity contribution in [3.8, 4) is 0 Å². The van der Waals surface area contributed by atoms with Crippen molar-refractivity contribution in [2.45, 2.75) is 16.6 Å². The Bertz CT molecular complexity index is 495. The average molecular weight is 241 g/mol. The molecular formula is C15H15NS. The van der Waals surface area contributed by atoms with Crippen LogP contribution in [-0.4, -0.2) is 6.54 Å². The number of thioether (sulfide) groups is 1. The second kappa shape index (κ2) is 4.84. The monoisotopic (exact) mass is 241 g/mol. The minimum absolute atomic E-state index is 0.562. The van der Waals surface area contributed by atoms with Crippen LogP contribution in [0.5, 0.6) is 0 Å². The minimum atomic E-state index is 0.562. The van der Waals surface area contributed by atoms with E-state index in [4.69, 9.17) is 0 Å². The van der Waals surface area contributed by atoms with E-state index in [1.165, 1.54) is 22.6 Å². The van der Waals surface area contributed by atoms with Crippen LogP contribution in [-0.2, 0) is 0 Å². The molecule has 0 bridgehead atoms. The standard InChI is InChI=1S/C15H15NS/c1-2-6-12(7-3-1)14-10-11-16-13-8-4-5-9-15(13)17-14/h1-9,14,16H,10-11H2/t14-/m0/s1. The Morgan fingerprint density at radius 2 is 1.71 bits per heavy atom. The van der Waals surface area contributed by atoms with Crippen molar-refractivity contribution in [2.24, 2.45) is 0 Å². The quantitative estimate of drug-likeness (QED) is 0.797. The molecule has 17 heavy (non-hydrogen) atoms. The van der Waals surface area contributed by atoms with Gasteiger partial charge in [-0.2, -0.15) is 0 Å². The summed E-state index contributed by atoms with van der Waals surface area (Å²) in [7, 11) is 0. The van der Waals surface area contributed by atoms with E-state index >= 15 is 0 Å². The maximum Gasteiger partial charge on any atom is 0.0478 e. The number of anilines is 1. The smallest absolute Gasteiger partial charge is 0.0478 e. The number of hydrogen-bond acceptors (Lipinski definition) is 2. The largest absolute Gasteiger partial charge is 0.384 e. The Kier molecular flexibility index (Phi) is 3.06. The molecule has 0 fully saturated rings. The third kappa shape index (κ3) is 2.32. The zero-order valence-corrected chi connectivity index (χ0v) is 10.4. The summed E-state index contributed by atoms with van der Waals surface area (Å²) < 4.78 is 0. The normalized spacial score (nSPS) is 18.9. The molecule has 0 aliphatic carbocycles. The highest BCUT2D eigenvalue weighted by molar-refractivity contribution is 7.99. The molecule has 0 saturated carbocycles. The van der Waals surface area contributed by atoms with Gasteiger partial charge in [0.1, 0.15) is 0 Å². The summed E-state index contributed by atoms with van der Waals surface area (Å²) in [5, 5.41) is 4.07. The zero-order chi connectivity index (χ0) is 11.5. The summed E-state index contributed by atoms with van der Waals surface area (Å²) in [6.45, 7) is 1.05. The first-order valence-corrected chi connectivity index (χ1v) is 6.86. The lowest BCUT2D eigenvalue weighted by Gasteiger charge is -2.13. The first-order valence-electron chi connectivity index (χ1n) is 5.98. The molecule has 0 unspecified atom stereocenters. The van der Waals surface area contributed by atoms with E-state index in [0.29, 0.717) is 5.25 Å². The van der Waals surface area contributed by atoms with Gasteiger partial charge in [0.05, 0.1) is 0 Å². The van der Waals surface area contributed by atoms with Crippen molar-refractivity contribution < 1.29 is 0 Å². The minimum Gasteiger partial charge on any atom is -0.384 e. The lowest BCUT2D eigenvalue weighted by Crippen LogP contribution is -2.02. The molecule has 1 aliphatic heterocycles. The highest BCUT2D eigenvalue weighted by atomic mass is 32.2. The number of fused-ring (bicyclic) bond motifs is 1. The first kappa shape index (κ1) is 10.7. The molecule has 1 heterocycles. The van der Waals surface area contributed by atoms with Gasteiger partial charge < -0.3 is 5.32 Å². The molecule has 86 valence electrons. The van der Waals surface area contributed by atoms with Crippen molar-refractivity contribution in [2.75, 3.05) is 11.9 Å². The van der Waals surface area contributed by atoms with Gasteiger partial charge in [-0.25, -0.2) is 0 Å². The van der Waals surface area contributed by atoms with E-state index in [-0.39, 0.29) is 0 Å². The van der Waals surface area contributed by atoms with Crippen molar-refractivity contribution in [1.82, 2.24) is 0 Å². The van der Waals surface area contributed by atoms with Gasteiger partial charge in [0.15, 0.2) is 0 Å². The number of para-hydroxylation sites is 1. The lowest BCUT2D eigenvalue weighted by molar-refractivity contribution is 0.850. The maximum atomic E-state index is 3.50. The number of benzene rings is 2. The van der Waals surface area contributed by atoms with Gasteiger partial charge in [-0.1, -0.05) is 42.5 Å². The van der Waals surface area contributed by atoms with Crippen LogP contribution in [0.2, 0.25) is 0 Å². The maximum absolute atomic E-state index is 3.50. The molecule has 0 spiro atoms. The van der Waals surface area contributed by atoms with Crippen LogP contribution in [0.1, 0.15) is 17.2 Å². The van der Waals surface area contributed by atoms with Crippen molar-refractivity contribution in [1.29, 1.82) is 0 Å². The van der Waals surface area contributed by atoms with Gasteiger partial charge in [-0.3, -0.25) is 0 Å². The molecule has 1 N–H and O–H groups in total. The third-order valence-corrected chi connectivity index (χ3v) is 4.45. The van der Waals surface area contributed by atoms with Crippen molar-refractivity contribution in [3.05, 3.63) is 60.2 Å². The summed E-state index contributed by atoms with van der Waals surface area (Å²) >= 11 is 1.97. The molecule has 2 heteroatoms. The number of nitrogens with one attached hydrogen (secondary N) is 1. The highest BCUT2D eigenvalue weighted by Gasteiger charge is 2.17. The molecule has 2 aromatic carbocycles. The molecule has 3 rings (SSSR count). The van der Waals surface area contributed by atoms with Crippen molar-refractivity contribution >= 4 is 17.4 Å². The molecule has 0 amide bonds. The summed E-state index contributed by atoms with van der Waals surface area (Å²) in [5.41, 5.74) is 2.70. The number of rotatable bonds is 1. The predicted octanol–water partition coefficient (Wildman–Crippen LogP) is 4.34. The second-order valence-corrected chi connectivity index (χ2v) is 5.47. The summed E-state index contributed by atoms with van der Waals surface area (Å²) in [6.07, 6.45) is 1.17. The number of hydrogen-bond donors (Lipinski definition) is 1. The van der Waals surface area contributed by atoms with Gasteiger partial charge in [0.2, 0.25) is 0 Å². The highest BCUT2D eigenvalue weighted by Crippen LogP contribution is 2.42. The van der Waals surface area contributed by atoms with Crippen LogP contribution in [0, 0.1) is 0 Å². The molecule has 1 atom stereocenters. The molecule has 2 aromatic rings. The third-order valence-electron chi connectivity index (χ3n) is 3.05. The zero-order valence-electron chi connectivity index (χ0n) is 9.60. The summed E-state index contributed by atoms with van der Waals surface area (Å²) in [6, 6.07) is 19.4. The Hall–Kier alpha value is -1.41. The van der Waals surface area contributed by atoms with Gasteiger partial charge in [-0.05, 0) is 24.1 Å². The summed E-state index contributed by atoms with van der Waals surface area (Å²) in [4.78, 5) is 1.36. The Morgan fingerprint density at radius 1 is 0.941 bits per heavy atom. The average Bonchev–Trinajstić information content (AvgIpc) is 2.62. The molecule has 0 aromatic heterocycles. The Morgan fingerprint density at radius 3 is 2.59 bits per heavy atom. The fourth-order valence-corrected chi connectivity index (χ4v) is 3.43.